The standard InChI is InChI=1S/C10H14N2O/c1-8(5-6-11)12-9(2)10-4-3-7-13-10/h3-4,7-9,12H,5H2,1-2H3/t8?,9-/m1/s1. The van der Waals surface area contributed by atoms with Crippen LogP contribution in [0.1, 0.15) is 32.1 Å². The van der Waals surface area contributed by atoms with Crippen molar-refractivity contribution in [2.75, 3.05) is 0 Å². The average molecular weight is 178 g/mol. The van der Waals surface area contributed by atoms with Crippen molar-refractivity contribution in [2.24, 2.45) is 0 Å². The number of nitrogens with one attached hydrogen (secondary N) is 1. The van der Waals surface area contributed by atoms with Crippen LogP contribution in [-0.2, 0) is 0 Å². The third-order valence-corrected chi connectivity index (χ3v) is 1.90. The number of nitriles is 1. The van der Waals surface area contributed by atoms with Crippen LogP contribution < -0.4 is 5.32 Å². The van der Waals surface area contributed by atoms with Crippen molar-refractivity contribution >= 4 is 0 Å². The fourth-order valence-electron chi connectivity index (χ4n) is 1.24. The number of furan rings is 1. The lowest BCUT2D eigenvalue weighted by atomic mass is 10.2. The topological polar surface area (TPSA) is 49.0 Å². The van der Waals surface area contributed by atoms with E-state index in [0.29, 0.717) is 6.42 Å². The van der Waals surface area contributed by atoms with Gasteiger partial charge in [0, 0.05) is 6.04 Å². The van der Waals surface area contributed by atoms with E-state index in [1.807, 2.05) is 26.0 Å². The van der Waals surface area contributed by atoms with E-state index in [9.17, 15) is 0 Å². The lowest BCUT2D eigenvalue weighted by molar-refractivity contribution is 0.400. The molecule has 13 heavy (non-hydrogen) atoms. The van der Waals surface area contributed by atoms with Crippen LogP contribution in [-0.4, -0.2) is 6.04 Å². The zero-order chi connectivity index (χ0) is 9.68. The van der Waals surface area contributed by atoms with Crippen LogP contribution in [0.3, 0.4) is 0 Å². The summed E-state index contributed by atoms with van der Waals surface area (Å²) in [6.45, 7) is 4.01. The summed E-state index contributed by atoms with van der Waals surface area (Å²) in [4.78, 5) is 0. The van der Waals surface area contributed by atoms with Crippen LogP contribution in [0.4, 0.5) is 0 Å². The van der Waals surface area contributed by atoms with Gasteiger partial charge in [0.1, 0.15) is 5.76 Å². The molecule has 0 saturated heterocycles. The van der Waals surface area contributed by atoms with Gasteiger partial charge in [-0.2, -0.15) is 5.26 Å². The molecule has 0 radical (unpaired) electrons. The summed E-state index contributed by atoms with van der Waals surface area (Å²) >= 11 is 0. The molecule has 3 nitrogen and oxygen atoms in total. The molecule has 0 aromatic carbocycles. The molecule has 0 bridgehead atoms. The molecule has 3 heteroatoms. The maximum absolute atomic E-state index is 8.47. The van der Waals surface area contributed by atoms with Crippen LogP contribution in [0.5, 0.6) is 0 Å². The third-order valence-electron chi connectivity index (χ3n) is 1.90. The molecule has 0 spiro atoms. The van der Waals surface area contributed by atoms with Gasteiger partial charge in [-0.1, -0.05) is 0 Å². The molecular formula is C10H14N2O. The Balaban J connectivity index is 2.42. The molecule has 0 aliphatic carbocycles. The van der Waals surface area contributed by atoms with Gasteiger partial charge < -0.3 is 9.73 Å². The second-order valence-corrected chi connectivity index (χ2v) is 3.17. The first kappa shape index (κ1) is 9.82. The molecule has 1 aromatic heterocycles. The number of nitrogens with zero attached hydrogens (tertiary/aromatic N) is 1. The molecule has 1 N–H and O–H groups in total. The highest BCUT2D eigenvalue weighted by Gasteiger charge is 2.10. The molecule has 1 unspecified atom stereocenters. The largest absolute Gasteiger partial charge is 0.468 e. The minimum Gasteiger partial charge on any atom is -0.468 e. The lowest BCUT2D eigenvalue weighted by Gasteiger charge is -2.15. The SMILES string of the molecule is CC(CC#N)N[C@H](C)c1ccco1. The van der Waals surface area contributed by atoms with Crippen molar-refractivity contribution in [1.29, 1.82) is 5.26 Å². The minimum absolute atomic E-state index is 0.165. The zero-order valence-corrected chi connectivity index (χ0v) is 7.95. The molecular weight excluding hydrogens is 164 g/mol. The zero-order valence-electron chi connectivity index (χ0n) is 7.95. The third kappa shape index (κ3) is 2.92. The monoisotopic (exact) mass is 178 g/mol. The van der Waals surface area contributed by atoms with Crippen LogP contribution in [0.25, 0.3) is 0 Å². The highest BCUT2D eigenvalue weighted by Crippen LogP contribution is 2.13. The van der Waals surface area contributed by atoms with Crippen molar-refractivity contribution in [2.45, 2.75) is 32.4 Å². The van der Waals surface area contributed by atoms with Crippen LogP contribution in [0.2, 0.25) is 0 Å². The van der Waals surface area contributed by atoms with E-state index in [4.69, 9.17) is 9.68 Å². The van der Waals surface area contributed by atoms with E-state index in [-0.39, 0.29) is 12.1 Å². The molecule has 1 aromatic rings. The quantitative estimate of drug-likeness (QED) is 0.769. The molecule has 0 saturated carbocycles. The second kappa shape index (κ2) is 4.68. The normalized spacial score (nSPS) is 14.8. The Labute approximate surface area is 78.4 Å². The first-order valence-corrected chi connectivity index (χ1v) is 4.40. The van der Waals surface area contributed by atoms with E-state index in [1.165, 1.54) is 0 Å². The summed E-state index contributed by atoms with van der Waals surface area (Å²) in [6, 6.07) is 6.28. The van der Waals surface area contributed by atoms with Crippen LogP contribution >= 0.6 is 0 Å². The van der Waals surface area contributed by atoms with Crippen molar-refractivity contribution in [1.82, 2.24) is 5.32 Å². The van der Waals surface area contributed by atoms with E-state index in [2.05, 4.69) is 11.4 Å². The first-order valence-electron chi connectivity index (χ1n) is 4.40. The van der Waals surface area contributed by atoms with Gasteiger partial charge in [0.05, 0.1) is 24.8 Å². The smallest absolute Gasteiger partial charge is 0.120 e. The van der Waals surface area contributed by atoms with Crippen LogP contribution in [0.15, 0.2) is 22.8 Å². The number of rotatable bonds is 4. The maximum atomic E-state index is 8.47. The Kier molecular flexibility index (Phi) is 3.53. The lowest BCUT2D eigenvalue weighted by Crippen LogP contribution is -2.28. The molecule has 1 heterocycles. The molecule has 0 aliphatic heterocycles. The highest BCUT2D eigenvalue weighted by atomic mass is 16.3. The van der Waals surface area contributed by atoms with E-state index in [0.717, 1.165) is 5.76 Å². The van der Waals surface area contributed by atoms with Gasteiger partial charge in [-0.05, 0) is 26.0 Å². The summed E-state index contributed by atoms with van der Waals surface area (Å²) in [5, 5.41) is 11.7. The summed E-state index contributed by atoms with van der Waals surface area (Å²) in [6.07, 6.45) is 2.17. The first-order chi connectivity index (χ1) is 6.24. The predicted octanol–water partition coefficient (Wildman–Crippen LogP) is 2.23. The van der Waals surface area contributed by atoms with Crippen molar-refractivity contribution in [3.05, 3.63) is 24.2 Å². The van der Waals surface area contributed by atoms with Gasteiger partial charge in [0.2, 0.25) is 0 Å². The molecule has 2 atom stereocenters. The fraction of sp³-hybridized carbons (Fsp3) is 0.500. The Morgan fingerprint density at radius 2 is 2.38 bits per heavy atom. The summed E-state index contributed by atoms with van der Waals surface area (Å²) in [5.41, 5.74) is 0. The van der Waals surface area contributed by atoms with Gasteiger partial charge in [-0.15, -0.1) is 0 Å². The van der Waals surface area contributed by atoms with Crippen molar-refractivity contribution in [3.63, 3.8) is 0 Å². The van der Waals surface area contributed by atoms with Gasteiger partial charge in [-0.25, -0.2) is 0 Å². The molecule has 0 fully saturated rings. The maximum Gasteiger partial charge on any atom is 0.120 e. The Hall–Kier alpha value is -1.27. The molecule has 0 amide bonds. The Morgan fingerprint density at radius 1 is 1.62 bits per heavy atom. The minimum atomic E-state index is 0.165. The molecule has 70 valence electrons. The summed E-state index contributed by atoms with van der Waals surface area (Å²) in [7, 11) is 0. The van der Waals surface area contributed by atoms with Gasteiger partial charge >= 0.3 is 0 Å². The van der Waals surface area contributed by atoms with Crippen molar-refractivity contribution < 1.29 is 4.42 Å². The summed E-state index contributed by atoms with van der Waals surface area (Å²) in [5.74, 6) is 0.907. The van der Waals surface area contributed by atoms with E-state index in [1.54, 1.807) is 6.26 Å². The predicted molar refractivity (Wildman–Crippen MR) is 50.0 cm³/mol. The highest BCUT2D eigenvalue weighted by molar-refractivity contribution is 5.03. The van der Waals surface area contributed by atoms with Crippen molar-refractivity contribution in [3.8, 4) is 6.07 Å². The number of hydrogen-bond donors (Lipinski definition) is 1. The van der Waals surface area contributed by atoms with Gasteiger partial charge in [0.25, 0.3) is 0 Å². The number of hydrogen-bond acceptors (Lipinski definition) is 3. The average Bonchev–Trinajstić information content (AvgIpc) is 2.55. The van der Waals surface area contributed by atoms with Gasteiger partial charge in [0.15, 0.2) is 0 Å². The fourth-order valence-corrected chi connectivity index (χ4v) is 1.24. The Bertz CT molecular complexity index is 274. The van der Waals surface area contributed by atoms with E-state index >= 15 is 0 Å². The Morgan fingerprint density at radius 3 is 2.92 bits per heavy atom. The molecule has 0 aliphatic rings. The second-order valence-electron chi connectivity index (χ2n) is 3.17. The van der Waals surface area contributed by atoms with Gasteiger partial charge in [-0.3, -0.25) is 0 Å². The summed E-state index contributed by atoms with van der Waals surface area (Å²) < 4.78 is 5.23. The molecule has 1 rings (SSSR count). The van der Waals surface area contributed by atoms with Crippen LogP contribution in [0, 0.1) is 11.3 Å². The van der Waals surface area contributed by atoms with E-state index < -0.39 is 0 Å².